The molecule has 0 bridgehead atoms. The van der Waals surface area contributed by atoms with Gasteiger partial charge in [-0.1, -0.05) is 12.1 Å². The van der Waals surface area contributed by atoms with Gasteiger partial charge in [-0.15, -0.1) is 0 Å². The molecule has 1 aromatic carbocycles. The van der Waals surface area contributed by atoms with E-state index in [0.29, 0.717) is 23.0 Å². The zero-order valence-corrected chi connectivity index (χ0v) is 24.0. The fourth-order valence-electron chi connectivity index (χ4n) is 5.01. The molecule has 0 radical (unpaired) electrons. The summed E-state index contributed by atoms with van der Waals surface area (Å²) in [5.41, 5.74) is 1.40. The summed E-state index contributed by atoms with van der Waals surface area (Å²) in [5.74, 6) is -3.13. The van der Waals surface area contributed by atoms with Crippen LogP contribution in [0.25, 0.3) is 11.0 Å². The van der Waals surface area contributed by atoms with Crippen LogP contribution in [0.15, 0.2) is 30.5 Å². The lowest BCUT2D eigenvalue weighted by Gasteiger charge is -2.25. The number of anilines is 2. The second-order valence-electron chi connectivity index (χ2n) is 9.93. The Bertz CT molecular complexity index is 1620. The molecule has 0 aliphatic carbocycles. The average molecular weight is 594 g/mol. The number of benzene rings is 1. The number of aliphatic hydroxyl groups excluding tert-OH is 1. The van der Waals surface area contributed by atoms with Crippen LogP contribution < -0.4 is 25.2 Å². The fourth-order valence-corrected chi connectivity index (χ4v) is 5.01. The molecule has 4 amide bonds. The van der Waals surface area contributed by atoms with Gasteiger partial charge in [0.25, 0.3) is 17.7 Å². The second kappa shape index (κ2) is 12.8. The number of ketones is 1. The Morgan fingerprint density at radius 1 is 1.21 bits per heavy atom. The van der Waals surface area contributed by atoms with Crippen molar-refractivity contribution in [2.24, 2.45) is 7.05 Å². The van der Waals surface area contributed by atoms with Crippen LogP contribution >= 0.6 is 0 Å². The number of nitrogens with one attached hydrogen (secondary N) is 2. The Morgan fingerprint density at radius 3 is 2.53 bits per heavy atom. The zero-order valence-electron chi connectivity index (χ0n) is 24.0. The van der Waals surface area contributed by atoms with Crippen molar-refractivity contribution in [2.45, 2.75) is 32.4 Å². The van der Waals surface area contributed by atoms with Crippen LogP contribution in [0.2, 0.25) is 0 Å². The minimum Gasteiger partial charge on any atom is -0.495 e. The molecule has 2 aromatic heterocycles. The number of nitrogens with zero attached hydrogens (tertiary/aromatic N) is 5. The summed E-state index contributed by atoms with van der Waals surface area (Å²) >= 11 is 0. The van der Waals surface area contributed by atoms with Crippen LogP contribution in [0.4, 0.5) is 11.4 Å². The number of aliphatic hydroxyl groups is 1. The third-order valence-electron chi connectivity index (χ3n) is 6.88. The van der Waals surface area contributed by atoms with E-state index in [1.807, 2.05) is 0 Å². The quantitative estimate of drug-likeness (QED) is 0.256. The summed E-state index contributed by atoms with van der Waals surface area (Å²) in [5, 5.41) is 19.6. The molecule has 0 unspecified atom stereocenters. The molecule has 1 aliphatic rings. The van der Waals surface area contributed by atoms with Crippen LogP contribution in [0.1, 0.15) is 29.4 Å². The van der Waals surface area contributed by atoms with E-state index in [2.05, 4.69) is 20.7 Å². The summed E-state index contributed by atoms with van der Waals surface area (Å²) < 4.78 is 7.07. The minimum atomic E-state index is -1.39. The molecule has 15 nitrogen and oxygen atoms in total. The fraction of sp³-hybridized carbons (Fsp3) is 0.357. The molecule has 1 aliphatic heterocycles. The number of Topliss-reactive ketones (excluding diaryl/α,β-unsaturated/α-hetero) is 1. The van der Waals surface area contributed by atoms with Crippen LogP contribution in [0.5, 0.6) is 5.75 Å². The first kappa shape index (κ1) is 30.8. The van der Waals surface area contributed by atoms with E-state index >= 15 is 0 Å². The number of amides is 4. The number of hydrogen-bond donors (Lipinski definition) is 3. The Labute approximate surface area is 245 Å². The van der Waals surface area contributed by atoms with E-state index in [1.54, 1.807) is 26.1 Å². The normalized spacial score (nSPS) is 15.4. The van der Waals surface area contributed by atoms with Crippen LogP contribution in [0, 0.1) is 6.92 Å². The number of rotatable bonds is 10. The molecule has 0 saturated heterocycles. The van der Waals surface area contributed by atoms with Gasteiger partial charge in [0, 0.05) is 19.7 Å². The number of carbonyl (C=O) groups excluding carboxylic acids is 6. The lowest BCUT2D eigenvalue weighted by Crippen LogP contribution is -2.55. The van der Waals surface area contributed by atoms with E-state index in [4.69, 9.17) is 4.74 Å². The van der Waals surface area contributed by atoms with Gasteiger partial charge in [-0.25, -0.2) is 4.98 Å². The summed E-state index contributed by atoms with van der Waals surface area (Å²) in [7, 11) is 3.07. The Hall–Kier alpha value is -5.18. The monoisotopic (exact) mass is 593 g/mol. The first-order chi connectivity index (χ1) is 20.5. The predicted octanol–water partition coefficient (Wildman–Crippen LogP) is -0.581. The molecule has 226 valence electrons. The highest BCUT2D eigenvalue weighted by atomic mass is 16.5. The van der Waals surface area contributed by atoms with Crippen molar-refractivity contribution in [1.29, 1.82) is 0 Å². The molecular weight excluding hydrogens is 562 g/mol. The van der Waals surface area contributed by atoms with Gasteiger partial charge in [0.15, 0.2) is 5.65 Å². The predicted molar refractivity (Wildman–Crippen MR) is 153 cm³/mol. The van der Waals surface area contributed by atoms with Crippen LogP contribution in [0.3, 0.4) is 0 Å². The second-order valence-corrected chi connectivity index (χ2v) is 9.93. The molecule has 2 atom stereocenters. The molecule has 4 rings (SSSR count). The lowest BCUT2D eigenvalue weighted by molar-refractivity contribution is -0.127. The Balaban J connectivity index is 1.72. The van der Waals surface area contributed by atoms with Crippen LogP contribution in [-0.4, -0.2) is 94.5 Å². The molecular formula is C28H31N7O8. The number of aldehydes is 1. The average Bonchev–Trinajstić information content (AvgIpc) is 3.22. The topological polar surface area (TPSA) is 193 Å². The van der Waals surface area contributed by atoms with Gasteiger partial charge in [0.1, 0.15) is 42.6 Å². The number of hydrogen-bond acceptors (Lipinski definition) is 10. The number of fused-ring (bicyclic) bond motifs is 2. The zero-order chi connectivity index (χ0) is 31.4. The number of carbonyl (C=O) groups is 6. The van der Waals surface area contributed by atoms with Crippen molar-refractivity contribution in [1.82, 2.24) is 25.4 Å². The van der Waals surface area contributed by atoms with Crippen LogP contribution in [-0.2, 0) is 31.0 Å². The highest BCUT2D eigenvalue weighted by molar-refractivity contribution is 6.12. The van der Waals surface area contributed by atoms with Gasteiger partial charge in [-0.3, -0.25) is 33.6 Å². The number of para-hydroxylation sites is 2. The SMILES string of the molecule is COc1c(C(=O)N[C@H]2CN(C(=O)CO)c3ccccc3N(CC(=O)N[C@H](C=O)CC(C)=O)C2=O)cnc2c1c(C)nn2C. The van der Waals surface area contributed by atoms with Crippen molar-refractivity contribution in [2.75, 3.05) is 36.6 Å². The highest BCUT2D eigenvalue weighted by Gasteiger charge is 2.38. The van der Waals surface area contributed by atoms with E-state index in [1.165, 1.54) is 37.0 Å². The summed E-state index contributed by atoms with van der Waals surface area (Å²) in [4.78, 5) is 82.8. The molecule has 15 heteroatoms. The van der Waals surface area contributed by atoms with E-state index in [0.717, 1.165) is 9.80 Å². The third-order valence-corrected chi connectivity index (χ3v) is 6.88. The van der Waals surface area contributed by atoms with Crippen molar-refractivity contribution in [3.8, 4) is 5.75 Å². The molecule has 3 heterocycles. The summed E-state index contributed by atoms with van der Waals surface area (Å²) in [6.07, 6.45) is 1.47. The number of aromatic nitrogens is 3. The number of aryl methyl sites for hydroxylation is 2. The third kappa shape index (κ3) is 6.21. The molecule has 0 saturated carbocycles. The van der Waals surface area contributed by atoms with Gasteiger partial charge in [-0.2, -0.15) is 5.10 Å². The summed E-state index contributed by atoms with van der Waals surface area (Å²) in [6, 6.07) is 3.73. The Kier molecular flexibility index (Phi) is 9.14. The molecule has 3 aromatic rings. The standard InChI is InChI=1S/C28H31N7O8/c1-15(38)9-17(13-36)30-22(39)12-35-21-8-6-5-7-20(21)34(23(40)14-37)11-19(28(35)42)31-27(41)18-10-29-26-24(25(18)43-4)16(2)32-33(26)3/h5-8,10,13,17,19,37H,9,11-12,14H2,1-4H3,(H,30,39)(H,31,41)/t17-,19-/m0/s1. The molecule has 43 heavy (non-hydrogen) atoms. The number of ether oxygens (including phenoxy) is 1. The van der Waals surface area contributed by atoms with E-state index < -0.39 is 48.9 Å². The molecule has 0 spiro atoms. The molecule has 3 N–H and O–H groups in total. The largest absolute Gasteiger partial charge is 0.495 e. The summed E-state index contributed by atoms with van der Waals surface area (Å²) in [6.45, 7) is 1.15. The maximum atomic E-state index is 14.0. The minimum absolute atomic E-state index is 0.00282. The van der Waals surface area contributed by atoms with Gasteiger partial charge in [0.05, 0.1) is 42.2 Å². The first-order valence-corrected chi connectivity index (χ1v) is 13.2. The van der Waals surface area contributed by atoms with Crippen molar-refractivity contribution < 1.29 is 38.6 Å². The lowest BCUT2D eigenvalue weighted by atomic mass is 10.1. The number of pyridine rings is 1. The van der Waals surface area contributed by atoms with Gasteiger partial charge < -0.3 is 30.2 Å². The van der Waals surface area contributed by atoms with E-state index in [-0.39, 0.29) is 41.4 Å². The first-order valence-electron chi connectivity index (χ1n) is 13.2. The van der Waals surface area contributed by atoms with Crippen molar-refractivity contribution in [3.63, 3.8) is 0 Å². The van der Waals surface area contributed by atoms with Crippen molar-refractivity contribution in [3.05, 3.63) is 41.7 Å². The molecule has 0 fully saturated rings. The smallest absolute Gasteiger partial charge is 0.257 e. The van der Waals surface area contributed by atoms with Gasteiger partial charge in [0.2, 0.25) is 5.91 Å². The highest BCUT2D eigenvalue weighted by Crippen LogP contribution is 2.34. The maximum Gasteiger partial charge on any atom is 0.257 e. The maximum absolute atomic E-state index is 14.0. The number of methoxy groups -OCH3 is 1. The van der Waals surface area contributed by atoms with Gasteiger partial charge in [-0.05, 0) is 26.0 Å². The Morgan fingerprint density at radius 2 is 1.91 bits per heavy atom. The van der Waals surface area contributed by atoms with Crippen molar-refractivity contribution >= 4 is 58.1 Å². The van der Waals surface area contributed by atoms with E-state index in [9.17, 15) is 33.9 Å². The van der Waals surface area contributed by atoms with Gasteiger partial charge >= 0.3 is 0 Å².